The minimum atomic E-state index is -2.06. The monoisotopic (exact) mass is 425 g/mol. The summed E-state index contributed by atoms with van der Waals surface area (Å²) in [6, 6.07) is -2.50. The lowest BCUT2D eigenvalue weighted by Crippen LogP contribution is -2.73. The van der Waals surface area contributed by atoms with Crippen LogP contribution >= 0.6 is 11.8 Å². The molecule has 28 heavy (non-hydrogen) atoms. The predicted molar refractivity (Wildman–Crippen MR) is 85.1 cm³/mol. The maximum absolute atomic E-state index is 12.2. The van der Waals surface area contributed by atoms with Crippen molar-refractivity contribution in [3.05, 3.63) is 0 Å². The molecule has 1 heterocycles. The first-order valence-electron chi connectivity index (χ1n) is 7.99. The number of ether oxygens (including phenoxy) is 2. The van der Waals surface area contributed by atoms with Crippen LogP contribution in [0.15, 0.2) is 0 Å². The Morgan fingerprint density at radius 2 is 1.93 bits per heavy atom. The normalized spacial score (nSPS) is 29.5. The van der Waals surface area contributed by atoms with Crippen LogP contribution in [-0.4, -0.2) is 93.9 Å². The van der Waals surface area contributed by atoms with Gasteiger partial charge in [0, 0.05) is 12.4 Å². The van der Waals surface area contributed by atoms with Gasteiger partial charge in [-0.1, -0.05) is 11.8 Å². The first kappa shape index (κ1) is 24.2. The Bertz CT molecular complexity index is 577. The number of aliphatic hydroxyl groups is 3. The zero-order valence-electron chi connectivity index (χ0n) is 14.5. The molecule has 14 heteroatoms. The summed E-state index contributed by atoms with van der Waals surface area (Å²) in [5, 5.41) is 53.4. The van der Waals surface area contributed by atoms with Crippen LogP contribution in [-0.2, 0) is 28.7 Å². The van der Waals surface area contributed by atoms with Gasteiger partial charge in [-0.25, -0.2) is 0 Å². The van der Waals surface area contributed by atoms with Crippen molar-refractivity contribution in [2.45, 2.75) is 49.2 Å². The van der Waals surface area contributed by atoms with Crippen molar-refractivity contribution in [2.24, 2.45) is 0 Å². The molecule has 7 N–H and O–H groups in total. The van der Waals surface area contributed by atoms with Crippen LogP contribution < -0.4 is 21.3 Å². The van der Waals surface area contributed by atoms with Gasteiger partial charge >= 0.3 is 0 Å². The van der Waals surface area contributed by atoms with E-state index in [1.807, 2.05) is 0 Å². The third kappa shape index (κ3) is 6.66. The number of aliphatic hydroxyl groups excluding tert-OH is 3. The van der Waals surface area contributed by atoms with Crippen LogP contribution in [0.5, 0.6) is 0 Å². The Hall–Kier alpha value is -1.81. The minimum Gasteiger partial charge on any atom is -0.550 e. The molecule has 0 aromatic carbocycles. The summed E-state index contributed by atoms with van der Waals surface area (Å²) in [6.07, 6.45) is -9.77. The number of amides is 1. The number of carbonyl (C=O) groups is 4. The molecule has 1 amide bonds. The summed E-state index contributed by atoms with van der Waals surface area (Å²) >= 11 is 0.765. The number of carbonyl (C=O) groups excluding carboxylic acids is 4. The zero-order valence-corrected chi connectivity index (χ0v) is 15.3. The van der Waals surface area contributed by atoms with Gasteiger partial charge in [-0.15, -0.1) is 0 Å². The highest BCUT2D eigenvalue weighted by molar-refractivity contribution is 8.11. The summed E-state index contributed by atoms with van der Waals surface area (Å²) in [5.74, 6) is -4.47. The average Bonchev–Trinajstić information content (AvgIpc) is 2.63. The molecule has 0 aromatic heterocycles. The fourth-order valence-corrected chi connectivity index (χ4v) is 2.83. The molecule has 13 nitrogen and oxygen atoms in total. The van der Waals surface area contributed by atoms with Crippen molar-refractivity contribution in [1.29, 1.82) is 0 Å². The van der Waals surface area contributed by atoms with E-state index in [-0.39, 0.29) is 5.75 Å². The number of hydrogen-bond donors (Lipinski definition) is 5. The first-order valence-corrected chi connectivity index (χ1v) is 9.04. The van der Waals surface area contributed by atoms with Gasteiger partial charge in [0.15, 0.2) is 18.0 Å². The van der Waals surface area contributed by atoms with Gasteiger partial charge in [0.25, 0.3) is 5.91 Å². The topological polar surface area (TPSA) is 233 Å². The van der Waals surface area contributed by atoms with E-state index in [0.717, 1.165) is 11.8 Å². The number of nitrogens with one attached hydrogen (secondary N) is 1. The summed E-state index contributed by atoms with van der Waals surface area (Å²) in [5.41, 5.74) is 4.02. The summed E-state index contributed by atoms with van der Waals surface area (Å²) in [6.45, 7) is -0.789. The Morgan fingerprint density at radius 3 is 2.43 bits per heavy atom. The zero-order chi connectivity index (χ0) is 21.4. The lowest BCUT2D eigenvalue weighted by molar-refractivity contribution is -0.397. The first-order chi connectivity index (χ1) is 13.1. The number of aliphatic carboxylic acids is 2. The molecule has 0 bridgehead atoms. The number of thioether (sulfide) groups is 1. The number of carboxylic acids is 2. The second kappa shape index (κ2) is 11.3. The van der Waals surface area contributed by atoms with Crippen LogP contribution in [0.3, 0.4) is 0 Å². The molecule has 0 radical (unpaired) electrons. The summed E-state index contributed by atoms with van der Waals surface area (Å²) in [7, 11) is 0. The number of rotatable bonds is 11. The van der Waals surface area contributed by atoms with Gasteiger partial charge in [-0.05, 0) is 0 Å². The molecule has 7 atom stereocenters. The third-order valence-corrected chi connectivity index (χ3v) is 4.57. The van der Waals surface area contributed by atoms with Crippen molar-refractivity contribution in [3.63, 3.8) is 0 Å². The quantitative estimate of drug-likeness (QED) is 0.194. The van der Waals surface area contributed by atoms with E-state index in [9.17, 15) is 44.7 Å². The third-order valence-electron chi connectivity index (χ3n) is 3.84. The molecule has 1 rings (SSSR count). The molecule has 0 saturated carbocycles. The Balaban J connectivity index is 3.01. The van der Waals surface area contributed by atoms with Crippen molar-refractivity contribution >= 4 is 35.2 Å². The van der Waals surface area contributed by atoms with Crippen LogP contribution in [0.25, 0.3) is 0 Å². The van der Waals surface area contributed by atoms with E-state index in [1.165, 1.54) is 0 Å². The molecule has 1 saturated heterocycles. The minimum absolute atomic E-state index is 0.00129. The average molecular weight is 425 g/mol. The molecule has 0 aliphatic carbocycles. The Morgan fingerprint density at radius 1 is 1.29 bits per heavy atom. The van der Waals surface area contributed by atoms with E-state index in [2.05, 4.69) is 11.1 Å². The summed E-state index contributed by atoms with van der Waals surface area (Å²) in [4.78, 5) is 44.3. The maximum atomic E-state index is 12.2. The summed E-state index contributed by atoms with van der Waals surface area (Å²) < 4.78 is 10.2. The molecule has 0 aromatic rings. The molecular weight excluding hydrogens is 404 g/mol. The molecule has 1 fully saturated rings. The smallest absolute Gasteiger partial charge is 0.279 e. The molecular formula is C14H21N2O11S-. The van der Waals surface area contributed by atoms with Gasteiger partial charge in [-0.2, -0.15) is 0 Å². The molecule has 0 unspecified atom stereocenters. The highest BCUT2D eigenvalue weighted by Crippen LogP contribution is 2.23. The number of hydrogen-bond acceptors (Lipinski definition) is 12. The van der Waals surface area contributed by atoms with Crippen molar-refractivity contribution in [3.8, 4) is 0 Å². The Kier molecular flexibility index (Phi) is 9.74. The van der Waals surface area contributed by atoms with E-state index < -0.39 is 73.7 Å². The Labute approximate surface area is 162 Å². The van der Waals surface area contributed by atoms with Gasteiger partial charge in [0.1, 0.15) is 30.5 Å². The van der Waals surface area contributed by atoms with Gasteiger partial charge in [0.2, 0.25) is 0 Å². The van der Waals surface area contributed by atoms with Gasteiger partial charge < -0.3 is 55.6 Å². The standard InChI is InChI=1S/C14H22N2O11S/c15-5(3-28-4-18)12(23)16-9-11(22)10(21)7(2-17)27-14(9)26-6(13(24)25)1-8(19)20/h4-7,9-11,14,17,21-22H,1-3,15H2,(H,16,23)(H,19,20)(H,24,25)/p-1/t5-,6-,7+,9+,10+,11+,14-/m0/s1. The van der Waals surface area contributed by atoms with E-state index in [0.29, 0.717) is 5.62 Å². The largest absolute Gasteiger partial charge is 0.550 e. The fraction of sp³-hybridized carbons (Fsp3) is 0.714. The fourth-order valence-electron chi connectivity index (χ4n) is 2.37. The molecule has 0 spiro atoms. The second-order valence-electron chi connectivity index (χ2n) is 5.89. The maximum Gasteiger partial charge on any atom is 0.279 e. The van der Waals surface area contributed by atoms with Crippen molar-refractivity contribution < 1.29 is 59.9 Å². The van der Waals surface area contributed by atoms with Crippen LogP contribution in [0, 0.1) is 0 Å². The van der Waals surface area contributed by atoms with Gasteiger partial charge in [-0.3, -0.25) is 9.59 Å². The molecule has 1 aliphatic heterocycles. The number of quaternary nitrogens is 1. The van der Waals surface area contributed by atoms with Crippen molar-refractivity contribution in [1.82, 2.24) is 5.32 Å². The lowest BCUT2D eigenvalue weighted by Gasteiger charge is -2.43. The highest BCUT2D eigenvalue weighted by Gasteiger charge is 2.47. The van der Waals surface area contributed by atoms with Crippen LogP contribution in [0.1, 0.15) is 6.42 Å². The number of carboxylic acid groups (broad SMARTS) is 2. The van der Waals surface area contributed by atoms with E-state index in [4.69, 9.17) is 9.47 Å². The van der Waals surface area contributed by atoms with Crippen LogP contribution in [0.4, 0.5) is 0 Å². The SMILES string of the molecule is [NH3+][C@@H](CSC=O)C(=O)N[C@H]1[C@@H](O[C@@H](CC(=O)[O-])C(=O)[O-])O[C@H](CO)[C@@H](O)[C@@H]1O. The highest BCUT2D eigenvalue weighted by atomic mass is 32.2. The van der Waals surface area contributed by atoms with Crippen LogP contribution in [0.2, 0.25) is 0 Å². The molecule has 160 valence electrons. The van der Waals surface area contributed by atoms with E-state index >= 15 is 0 Å². The van der Waals surface area contributed by atoms with Crippen molar-refractivity contribution in [2.75, 3.05) is 12.4 Å². The second-order valence-corrected chi connectivity index (χ2v) is 6.75. The van der Waals surface area contributed by atoms with E-state index in [1.54, 1.807) is 0 Å². The molecule has 1 aliphatic rings. The predicted octanol–water partition coefficient (Wildman–Crippen LogP) is -7.28. The lowest BCUT2D eigenvalue weighted by atomic mass is 9.96. The van der Waals surface area contributed by atoms with Gasteiger partial charge in [0.05, 0.1) is 18.3 Å².